The average molecular weight is 358 g/mol. The fourth-order valence-corrected chi connectivity index (χ4v) is 2.44. The number of aromatic nitrogens is 2. The lowest BCUT2D eigenvalue weighted by Gasteiger charge is -2.01. The van der Waals surface area contributed by atoms with Crippen LogP contribution in [0, 0.1) is 11.6 Å². The second-order valence-corrected chi connectivity index (χ2v) is 5.99. The van der Waals surface area contributed by atoms with Crippen LogP contribution in [0.2, 0.25) is 0 Å². The minimum absolute atomic E-state index is 0.123. The van der Waals surface area contributed by atoms with Crippen molar-refractivity contribution in [1.29, 1.82) is 0 Å². The van der Waals surface area contributed by atoms with Gasteiger partial charge in [-0.05, 0) is 37.9 Å². The lowest BCUT2D eigenvalue weighted by atomic mass is 10.2. The summed E-state index contributed by atoms with van der Waals surface area (Å²) < 4.78 is 33.3. The maximum atomic E-state index is 13.8. The summed E-state index contributed by atoms with van der Waals surface area (Å²) in [6.45, 7) is 0.878. The van der Waals surface area contributed by atoms with E-state index in [1.165, 1.54) is 25.0 Å². The average Bonchev–Trinajstić information content (AvgIpc) is 3.13. The Hall–Kier alpha value is -1.34. The molecule has 0 atom stereocenters. The first-order chi connectivity index (χ1) is 10.1. The molecule has 1 saturated carbocycles. The van der Waals surface area contributed by atoms with Crippen molar-refractivity contribution in [2.24, 2.45) is 0 Å². The molecule has 2 aromatic rings. The van der Waals surface area contributed by atoms with Crippen molar-refractivity contribution in [3.8, 4) is 11.5 Å². The molecule has 1 aliphatic rings. The van der Waals surface area contributed by atoms with Crippen LogP contribution in [0.25, 0.3) is 11.5 Å². The van der Waals surface area contributed by atoms with Crippen LogP contribution in [0.5, 0.6) is 0 Å². The number of aryl methyl sites for hydroxylation is 1. The van der Waals surface area contributed by atoms with Crippen LogP contribution in [0.15, 0.2) is 21.0 Å². The molecule has 7 heteroatoms. The molecule has 21 heavy (non-hydrogen) atoms. The van der Waals surface area contributed by atoms with Gasteiger partial charge in [-0.3, -0.25) is 0 Å². The fourth-order valence-electron chi connectivity index (χ4n) is 2.04. The summed E-state index contributed by atoms with van der Waals surface area (Å²) in [6, 6.07) is 3.00. The summed E-state index contributed by atoms with van der Waals surface area (Å²) in [6.07, 6.45) is 3.93. The van der Waals surface area contributed by atoms with Crippen molar-refractivity contribution in [2.75, 3.05) is 6.54 Å². The lowest BCUT2D eigenvalue weighted by Crippen LogP contribution is -2.17. The largest absolute Gasteiger partial charge is 0.420 e. The van der Waals surface area contributed by atoms with E-state index in [4.69, 9.17) is 4.42 Å². The van der Waals surface area contributed by atoms with Crippen molar-refractivity contribution in [3.05, 3.63) is 34.1 Å². The molecule has 0 saturated heterocycles. The molecule has 0 bridgehead atoms. The first kappa shape index (κ1) is 14.6. The second-order valence-electron chi connectivity index (χ2n) is 5.08. The molecule has 1 aromatic heterocycles. The van der Waals surface area contributed by atoms with E-state index in [1.807, 2.05) is 0 Å². The Morgan fingerprint density at radius 3 is 2.62 bits per heavy atom. The molecule has 1 heterocycles. The molecule has 1 aliphatic carbocycles. The van der Waals surface area contributed by atoms with Gasteiger partial charge in [0.25, 0.3) is 5.89 Å². The molecule has 0 radical (unpaired) electrons. The van der Waals surface area contributed by atoms with Gasteiger partial charge in [0.15, 0.2) is 0 Å². The van der Waals surface area contributed by atoms with Crippen LogP contribution < -0.4 is 5.32 Å². The van der Waals surface area contributed by atoms with Crippen LogP contribution >= 0.6 is 15.9 Å². The lowest BCUT2D eigenvalue weighted by molar-refractivity contribution is 0.482. The molecule has 0 aliphatic heterocycles. The summed E-state index contributed by atoms with van der Waals surface area (Å²) in [5, 5.41) is 10.9. The number of nitrogens with zero attached hydrogens (tertiary/aromatic N) is 2. The van der Waals surface area contributed by atoms with Crippen LogP contribution in [0.4, 0.5) is 8.78 Å². The van der Waals surface area contributed by atoms with Gasteiger partial charge < -0.3 is 9.73 Å². The molecule has 0 unspecified atom stereocenters. The van der Waals surface area contributed by atoms with Gasteiger partial charge in [-0.25, -0.2) is 8.78 Å². The summed E-state index contributed by atoms with van der Waals surface area (Å²) in [4.78, 5) is 0. The Morgan fingerprint density at radius 2 is 1.95 bits per heavy atom. The van der Waals surface area contributed by atoms with E-state index < -0.39 is 11.6 Å². The third-order valence-corrected chi connectivity index (χ3v) is 3.72. The Labute approximate surface area is 129 Å². The van der Waals surface area contributed by atoms with Crippen LogP contribution in [0.3, 0.4) is 0 Å². The Bertz CT molecular complexity index is 620. The summed E-state index contributed by atoms with van der Waals surface area (Å²) in [7, 11) is 0. The molecule has 0 amide bonds. The fraction of sp³-hybridized carbons (Fsp3) is 0.429. The Balaban J connectivity index is 1.66. The normalized spacial score (nSPS) is 14.6. The monoisotopic (exact) mass is 357 g/mol. The van der Waals surface area contributed by atoms with Crippen molar-refractivity contribution in [2.45, 2.75) is 31.7 Å². The van der Waals surface area contributed by atoms with Gasteiger partial charge in [0, 0.05) is 16.9 Å². The van der Waals surface area contributed by atoms with Gasteiger partial charge >= 0.3 is 0 Å². The molecular formula is C14H14BrF2N3O. The molecule has 1 aromatic carbocycles. The molecule has 4 nitrogen and oxygen atoms in total. The summed E-state index contributed by atoms with van der Waals surface area (Å²) in [5.74, 6) is -1.19. The van der Waals surface area contributed by atoms with Crippen LogP contribution in [-0.2, 0) is 6.42 Å². The van der Waals surface area contributed by atoms with Crippen molar-refractivity contribution < 1.29 is 13.2 Å². The number of rotatable bonds is 6. The van der Waals surface area contributed by atoms with E-state index in [-0.39, 0.29) is 11.5 Å². The van der Waals surface area contributed by atoms with E-state index in [9.17, 15) is 8.78 Å². The summed E-state index contributed by atoms with van der Waals surface area (Å²) >= 11 is 3.03. The maximum Gasteiger partial charge on any atom is 0.253 e. The first-order valence-electron chi connectivity index (χ1n) is 6.84. The smallest absolute Gasteiger partial charge is 0.253 e. The van der Waals surface area contributed by atoms with Crippen molar-refractivity contribution >= 4 is 15.9 Å². The minimum Gasteiger partial charge on any atom is -0.420 e. The van der Waals surface area contributed by atoms with Gasteiger partial charge in [-0.15, -0.1) is 10.2 Å². The number of halogens is 3. The van der Waals surface area contributed by atoms with E-state index in [1.54, 1.807) is 0 Å². The van der Waals surface area contributed by atoms with Gasteiger partial charge in [0.05, 0.1) is 0 Å². The van der Waals surface area contributed by atoms with Gasteiger partial charge in [-0.2, -0.15) is 0 Å². The first-order valence-corrected chi connectivity index (χ1v) is 7.63. The molecule has 112 valence electrons. The van der Waals surface area contributed by atoms with Gasteiger partial charge in [0.2, 0.25) is 5.89 Å². The standard InChI is InChI=1S/C14H14BrF2N3O/c15-8-6-10(16)13(11(17)7-8)14-20-19-12(21-14)2-1-5-18-9-3-4-9/h6-7,9,18H,1-5H2. The molecule has 0 spiro atoms. The SMILES string of the molecule is Fc1cc(Br)cc(F)c1-c1nnc(CCCNC2CC2)o1. The van der Waals surface area contributed by atoms with Crippen LogP contribution in [0.1, 0.15) is 25.2 Å². The van der Waals surface area contributed by atoms with Crippen LogP contribution in [-0.4, -0.2) is 22.8 Å². The minimum atomic E-state index is -0.729. The van der Waals surface area contributed by atoms with Crippen molar-refractivity contribution in [3.63, 3.8) is 0 Å². The van der Waals surface area contributed by atoms with E-state index in [0.717, 1.165) is 13.0 Å². The van der Waals surface area contributed by atoms with E-state index in [2.05, 4.69) is 31.4 Å². The van der Waals surface area contributed by atoms with Crippen molar-refractivity contribution in [1.82, 2.24) is 15.5 Å². The zero-order valence-corrected chi connectivity index (χ0v) is 12.8. The highest BCUT2D eigenvalue weighted by atomic mass is 79.9. The number of nitrogens with one attached hydrogen (secondary N) is 1. The third-order valence-electron chi connectivity index (χ3n) is 3.27. The van der Waals surface area contributed by atoms with E-state index >= 15 is 0 Å². The maximum absolute atomic E-state index is 13.8. The Morgan fingerprint density at radius 1 is 1.24 bits per heavy atom. The third kappa shape index (κ3) is 3.65. The topological polar surface area (TPSA) is 51.0 Å². The highest BCUT2D eigenvalue weighted by molar-refractivity contribution is 9.10. The Kier molecular flexibility index (Phi) is 4.30. The quantitative estimate of drug-likeness (QED) is 0.804. The predicted octanol–water partition coefficient (Wildman–Crippen LogP) is 3.46. The van der Waals surface area contributed by atoms with E-state index in [0.29, 0.717) is 22.8 Å². The highest BCUT2D eigenvalue weighted by Gasteiger charge is 2.20. The zero-order valence-electron chi connectivity index (χ0n) is 11.2. The molecular weight excluding hydrogens is 344 g/mol. The second kappa shape index (κ2) is 6.19. The zero-order chi connectivity index (χ0) is 14.8. The summed E-state index contributed by atoms with van der Waals surface area (Å²) in [5.41, 5.74) is -0.284. The number of benzene rings is 1. The number of hydrogen-bond acceptors (Lipinski definition) is 4. The predicted molar refractivity (Wildman–Crippen MR) is 76.7 cm³/mol. The molecule has 3 rings (SSSR count). The molecule has 1 N–H and O–H groups in total. The number of hydrogen-bond donors (Lipinski definition) is 1. The molecule has 1 fully saturated rings. The van der Waals surface area contributed by atoms with Gasteiger partial charge in [-0.1, -0.05) is 15.9 Å². The van der Waals surface area contributed by atoms with Gasteiger partial charge in [0.1, 0.15) is 17.2 Å². The highest BCUT2D eigenvalue weighted by Crippen LogP contribution is 2.28.